The van der Waals surface area contributed by atoms with E-state index in [-0.39, 0.29) is 17.7 Å². The van der Waals surface area contributed by atoms with E-state index in [1.54, 1.807) is 44.2 Å². The molecule has 0 fully saturated rings. The van der Waals surface area contributed by atoms with Gasteiger partial charge < -0.3 is 9.15 Å². The lowest BCUT2D eigenvalue weighted by molar-refractivity contribution is -0.139. The van der Waals surface area contributed by atoms with Crippen molar-refractivity contribution in [3.63, 3.8) is 0 Å². The molecule has 1 aliphatic heterocycles. The SMILES string of the molecule is CCOC(=O)C1=C(C)N=c2s/c(=C\c3ccc(Br)o3)c(=O)n2[C@@H]1c1ccc(F)cc1. The number of halogens is 2. The Morgan fingerprint density at radius 3 is 2.70 bits per heavy atom. The number of hydrogen-bond donors (Lipinski definition) is 0. The molecule has 0 saturated heterocycles. The number of nitrogens with zero attached hydrogens (tertiary/aromatic N) is 2. The van der Waals surface area contributed by atoms with E-state index in [4.69, 9.17) is 9.15 Å². The predicted octanol–water partition coefficient (Wildman–Crippen LogP) is 3.29. The molecule has 4 rings (SSSR count). The molecule has 0 saturated carbocycles. The zero-order chi connectivity index (χ0) is 21.4. The molecule has 1 aromatic carbocycles. The van der Waals surface area contributed by atoms with E-state index in [0.717, 1.165) is 0 Å². The smallest absolute Gasteiger partial charge is 0.338 e. The largest absolute Gasteiger partial charge is 0.463 e. The van der Waals surface area contributed by atoms with Crippen LogP contribution in [0.3, 0.4) is 0 Å². The topological polar surface area (TPSA) is 73.8 Å². The van der Waals surface area contributed by atoms with Crippen molar-refractivity contribution in [1.29, 1.82) is 0 Å². The van der Waals surface area contributed by atoms with E-state index < -0.39 is 17.8 Å². The standard InChI is InChI=1S/C21H16BrFN2O4S/c1-3-28-20(27)17-11(2)24-21-25(18(17)12-4-6-13(23)7-5-12)19(26)15(30-21)10-14-8-9-16(22)29-14/h4-10,18H,3H2,1-2H3/b15-10-/t18-/m1/s1. The number of carbonyl (C=O) groups is 1. The highest BCUT2D eigenvalue weighted by Crippen LogP contribution is 2.30. The van der Waals surface area contributed by atoms with Gasteiger partial charge in [-0.05, 0) is 59.6 Å². The lowest BCUT2D eigenvalue weighted by Crippen LogP contribution is -2.39. The van der Waals surface area contributed by atoms with Gasteiger partial charge in [-0.1, -0.05) is 23.5 Å². The molecule has 1 aliphatic rings. The summed E-state index contributed by atoms with van der Waals surface area (Å²) in [6, 6.07) is 8.39. The molecule has 6 nitrogen and oxygen atoms in total. The molecule has 0 radical (unpaired) electrons. The summed E-state index contributed by atoms with van der Waals surface area (Å²) in [5, 5.41) is 0. The second-order valence-corrected chi connectivity index (χ2v) is 8.29. The highest BCUT2D eigenvalue weighted by atomic mass is 79.9. The first-order valence-corrected chi connectivity index (χ1v) is 10.7. The summed E-state index contributed by atoms with van der Waals surface area (Å²) in [6.07, 6.45) is 1.62. The average Bonchev–Trinajstić information content (AvgIpc) is 3.24. The Bertz CT molecular complexity index is 1330. The Labute approximate surface area is 182 Å². The summed E-state index contributed by atoms with van der Waals surface area (Å²) in [6.45, 7) is 3.59. The van der Waals surface area contributed by atoms with Crippen molar-refractivity contribution in [1.82, 2.24) is 4.57 Å². The molecule has 154 valence electrons. The number of aromatic nitrogens is 1. The highest BCUT2D eigenvalue weighted by molar-refractivity contribution is 9.10. The van der Waals surface area contributed by atoms with Gasteiger partial charge in [-0.3, -0.25) is 9.36 Å². The van der Waals surface area contributed by atoms with Crippen molar-refractivity contribution in [3.05, 3.63) is 89.2 Å². The third-order valence-electron chi connectivity index (χ3n) is 4.57. The number of benzene rings is 1. The van der Waals surface area contributed by atoms with E-state index in [2.05, 4.69) is 20.9 Å². The van der Waals surface area contributed by atoms with Crippen LogP contribution in [0.5, 0.6) is 0 Å². The first kappa shape index (κ1) is 20.5. The van der Waals surface area contributed by atoms with Gasteiger partial charge in [-0.25, -0.2) is 14.2 Å². The molecule has 1 atom stereocenters. The molecule has 0 bridgehead atoms. The van der Waals surface area contributed by atoms with E-state index in [0.29, 0.717) is 31.0 Å². The molecular weight excluding hydrogens is 475 g/mol. The van der Waals surface area contributed by atoms with E-state index in [1.807, 2.05) is 0 Å². The van der Waals surface area contributed by atoms with Gasteiger partial charge in [-0.15, -0.1) is 0 Å². The predicted molar refractivity (Wildman–Crippen MR) is 113 cm³/mol. The number of esters is 1. The summed E-state index contributed by atoms with van der Waals surface area (Å²) in [7, 11) is 0. The molecule has 0 unspecified atom stereocenters. The first-order valence-electron chi connectivity index (χ1n) is 9.09. The third kappa shape index (κ3) is 3.70. The van der Waals surface area contributed by atoms with Gasteiger partial charge in [0.25, 0.3) is 5.56 Å². The molecule has 9 heteroatoms. The van der Waals surface area contributed by atoms with Gasteiger partial charge in [0.2, 0.25) is 0 Å². The number of thiazole rings is 1. The Hall–Kier alpha value is -2.78. The second-order valence-electron chi connectivity index (χ2n) is 6.50. The zero-order valence-corrected chi connectivity index (χ0v) is 18.4. The van der Waals surface area contributed by atoms with Gasteiger partial charge in [-0.2, -0.15) is 0 Å². The summed E-state index contributed by atoms with van der Waals surface area (Å²) in [5.41, 5.74) is 0.969. The van der Waals surface area contributed by atoms with Crippen LogP contribution in [-0.2, 0) is 9.53 Å². The molecule has 3 heterocycles. The Kier molecular flexibility index (Phi) is 5.57. The molecule has 0 amide bonds. The second kappa shape index (κ2) is 8.16. The number of fused-ring (bicyclic) bond motifs is 1. The van der Waals surface area contributed by atoms with Crippen LogP contribution in [0, 0.1) is 5.82 Å². The van der Waals surface area contributed by atoms with Gasteiger partial charge in [0, 0.05) is 6.08 Å². The first-order chi connectivity index (χ1) is 14.4. The number of rotatable bonds is 4. The van der Waals surface area contributed by atoms with Crippen LogP contribution < -0.4 is 14.9 Å². The number of ether oxygens (including phenoxy) is 1. The van der Waals surface area contributed by atoms with E-state index in [9.17, 15) is 14.0 Å². The lowest BCUT2D eigenvalue weighted by Gasteiger charge is -2.24. The minimum atomic E-state index is -0.772. The van der Waals surface area contributed by atoms with Crippen molar-refractivity contribution in [2.75, 3.05) is 6.61 Å². The Morgan fingerprint density at radius 1 is 1.33 bits per heavy atom. The van der Waals surface area contributed by atoms with Gasteiger partial charge in [0.05, 0.1) is 28.5 Å². The van der Waals surface area contributed by atoms with Crippen molar-refractivity contribution in [2.24, 2.45) is 4.99 Å². The summed E-state index contributed by atoms with van der Waals surface area (Å²) in [4.78, 5) is 30.9. The normalized spacial score (nSPS) is 16.4. The molecule has 0 N–H and O–H groups in total. The molecular formula is C21H16BrFN2O4S. The number of furan rings is 1. The van der Waals surface area contributed by atoms with E-state index >= 15 is 0 Å². The maximum Gasteiger partial charge on any atom is 0.338 e. The molecule has 0 aliphatic carbocycles. The zero-order valence-electron chi connectivity index (χ0n) is 16.0. The average molecular weight is 491 g/mol. The summed E-state index contributed by atoms with van der Waals surface area (Å²) < 4.78 is 26.6. The lowest BCUT2D eigenvalue weighted by atomic mass is 9.96. The quantitative estimate of drug-likeness (QED) is 0.526. The number of hydrogen-bond acceptors (Lipinski definition) is 6. The van der Waals surface area contributed by atoms with Crippen molar-refractivity contribution >= 4 is 39.3 Å². The number of carbonyl (C=O) groups excluding carboxylic acids is 1. The van der Waals surface area contributed by atoms with Crippen LogP contribution >= 0.6 is 27.3 Å². The Balaban J connectivity index is 1.96. The van der Waals surface area contributed by atoms with Crippen LogP contribution in [0.1, 0.15) is 31.2 Å². The minimum absolute atomic E-state index is 0.184. The van der Waals surface area contributed by atoms with Gasteiger partial charge in [0.1, 0.15) is 11.6 Å². The minimum Gasteiger partial charge on any atom is -0.463 e. The molecule has 3 aromatic rings. The van der Waals surface area contributed by atoms with Gasteiger partial charge in [0.15, 0.2) is 9.47 Å². The highest BCUT2D eigenvalue weighted by Gasteiger charge is 2.33. The van der Waals surface area contributed by atoms with E-state index in [1.165, 1.54) is 28.0 Å². The molecule has 30 heavy (non-hydrogen) atoms. The molecule has 2 aromatic heterocycles. The fourth-order valence-corrected chi connectivity index (χ4v) is 4.63. The van der Waals surface area contributed by atoms with Crippen LogP contribution in [0.25, 0.3) is 6.08 Å². The third-order valence-corrected chi connectivity index (χ3v) is 5.98. The van der Waals surface area contributed by atoms with Gasteiger partial charge >= 0.3 is 5.97 Å². The van der Waals surface area contributed by atoms with Crippen LogP contribution in [-0.4, -0.2) is 17.1 Å². The fraction of sp³-hybridized carbons (Fsp3) is 0.190. The fourth-order valence-electron chi connectivity index (χ4n) is 3.29. The monoisotopic (exact) mass is 490 g/mol. The Morgan fingerprint density at radius 2 is 2.07 bits per heavy atom. The number of allylic oxidation sites excluding steroid dienone is 1. The summed E-state index contributed by atoms with van der Waals surface area (Å²) >= 11 is 4.43. The van der Waals surface area contributed by atoms with Crippen LogP contribution in [0.4, 0.5) is 4.39 Å². The maximum atomic E-state index is 13.5. The van der Waals surface area contributed by atoms with Crippen molar-refractivity contribution < 1.29 is 18.3 Å². The van der Waals surface area contributed by atoms with Crippen LogP contribution in [0.2, 0.25) is 0 Å². The van der Waals surface area contributed by atoms with Crippen LogP contribution in [0.15, 0.2) is 66.5 Å². The van der Waals surface area contributed by atoms with Crippen molar-refractivity contribution in [3.8, 4) is 0 Å². The summed E-state index contributed by atoms with van der Waals surface area (Å²) in [5.74, 6) is -0.461. The van der Waals surface area contributed by atoms with Crippen molar-refractivity contribution in [2.45, 2.75) is 19.9 Å². The molecule has 0 spiro atoms. The maximum absolute atomic E-state index is 13.5.